The Kier molecular flexibility index (Phi) is 2.62. The highest BCUT2D eigenvalue weighted by atomic mass is 35.5. The summed E-state index contributed by atoms with van der Waals surface area (Å²) in [5.74, 6) is -1.06. The van der Waals surface area contributed by atoms with Crippen LogP contribution in [0.5, 0.6) is 0 Å². The minimum Gasteiger partial charge on any atom is -0.478 e. The average molecular weight is 238 g/mol. The van der Waals surface area contributed by atoms with Crippen LogP contribution in [0.1, 0.15) is 15.9 Å². The lowest BCUT2D eigenvalue weighted by Crippen LogP contribution is -2.08. The van der Waals surface area contributed by atoms with Gasteiger partial charge in [0.25, 0.3) is 0 Å². The molecule has 0 saturated heterocycles. The normalized spacial score (nSPS) is 10.4. The SMILES string of the molecule is Cc1cc(-n2nccn2)c(C(=O)O)cc1Cl. The van der Waals surface area contributed by atoms with Gasteiger partial charge in [0, 0.05) is 5.02 Å². The first-order valence-corrected chi connectivity index (χ1v) is 4.87. The molecule has 6 heteroatoms. The molecule has 0 radical (unpaired) electrons. The zero-order chi connectivity index (χ0) is 11.7. The molecule has 5 nitrogen and oxygen atoms in total. The lowest BCUT2D eigenvalue weighted by molar-refractivity contribution is 0.0696. The summed E-state index contributed by atoms with van der Waals surface area (Å²) in [5, 5.41) is 17.3. The fraction of sp³-hybridized carbons (Fsp3) is 0.100. The molecule has 16 heavy (non-hydrogen) atoms. The Morgan fingerprint density at radius 2 is 2.00 bits per heavy atom. The van der Waals surface area contributed by atoms with Crippen LogP contribution in [0, 0.1) is 6.92 Å². The van der Waals surface area contributed by atoms with Crippen molar-refractivity contribution in [2.24, 2.45) is 0 Å². The Morgan fingerprint density at radius 3 is 2.56 bits per heavy atom. The van der Waals surface area contributed by atoms with Crippen molar-refractivity contribution in [3.8, 4) is 5.69 Å². The molecule has 2 rings (SSSR count). The monoisotopic (exact) mass is 237 g/mol. The second-order valence-electron chi connectivity index (χ2n) is 3.24. The van der Waals surface area contributed by atoms with Gasteiger partial charge in [0.2, 0.25) is 0 Å². The third-order valence-corrected chi connectivity index (χ3v) is 2.55. The third-order valence-electron chi connectivity index (χ3n) is 2.14. The van der Waals surface area contributed by atoms with Gasteiger partial charge in [-0.25, -0.2) is 4.79 Å². The summed E-state index contributed by atoms with van der Waals surface area (Å²) in [4.78, 5) is 12.3. The molecule has 0 saturated carbocycles. The van der Waals surface area contributed by atoms with Crippen LogP contribution in [0.4, 0.5) is 0 Å². The van der Waals surface area contributed by atoms with E-state index in [1.165, 1.54) is 23.3 Å². The van der Waals surface area contributed by atoms with E-state index >= 15 is 0 Å². The van der Waals surface area contributed by atoms with E-state index in [1.807, 2.05) is 0 Å². The lowest BCUT2D eigenvalue weighted by Gasteiger charge is -2.07. The maximum Gasteiger partial charge on any atom is 0.338 e. The standard InChI is InChI=1S/C10H8ClN3O2/c1-6-4-9(14-12-2-3-13-14)7(10(15)16)5-8(6)11/h2-5H,1H3,(H,15,16). The van der Waals surface area contributed by atoms with Gasteiger partial charge >= 0.3 is 5.97 Å². The van der Waals surface area contributed by atoms with Crippen molar-refractivity contribution in [1.82, 2.24) is 15.0 Å². The molecule has 0 bridgehead atoms. The number of nitrogens with zero attached hydrogens (tertiary/aromatic N) is 3. The average Bonchev–Trinajstić information content (AvgIpc) is 2.74. The summed E-state index contributed by atoms with van der Waals surface area (Å²) in [7, 11) is 0. The number of aryl methyl sites for hydroxylation is 1. The molecule has 0 aliphatic heterocycles. The van der Waals surface area contributed by atoms with Gasteiger partial charge in [-0.1, -0.05) is 11.6 Å². The number of hydrogen-bond donors (Lipinski definition) is 1. The number of carboxylic acids is 1. The fourth-order valence-corrected chi connectivity index (χ4v) is 1.51. The van der Waals surface area contributed by atoms with E-state index in [9.17, 15) is 4.79 Å². The predicted octanol–water partition coefficient (Wildman–Crippen LogP) is 1.93. The van der Waals surface area contributed by atoms with Gasteiger partial charge < -0.3 is 5.11 Å². The molecular formula is C10H8ClN3O2. The first-order chi connectivity index (χ1) is 7.59. The number of carboxylic acid groups (broad SMARTS) is 1. The van der Waals surface area contributed by atoms with Gasteiger partial charge in [0.1, 0.15) is 5.69 Å². The molecule has 82 valence electrons. The van der Waals surface area contributed by atoms with Gasteiger partial charge in [0.15, 0.2) is 0 Å². The predicted molar refractivity (Wildman–Crippen MR) is 58.1 cm³/mol. The summed E-state index contributed by atoms with van der Waals surface area (Å²) < 4.78 is 0. The van der Waals surface area contributed by atoms with Crippen molar-refractivity contribution in [3.63, 3.8) is 0 Å². The number of rotatable bonds is 2. The number of hydrogen-bond acceptors (Lipinski definition) is 3. The number of halogens is 1. The quantitative estimate of drug-likeness (QED) is 0.867. The van der Waals surface area contributed by atoms with Crippen molar-refractivity contribution in [2.45, 2.75) is 6.92 Å². The molecule has 1 N–H and O–H groups in total. The molecule has 0 spiro atoms. The maximum atomic E-state index is 11.1. The van der Waals surface area contributed by atoms with Crippen LogP contribution in [0.15, 0.2) is 24.5 Å². The second-order valence-corrected chi connectivity index (χ2v) is 3.65. The Hall–Kier alpha value is -1.88. The highest BCUT2D eigenvalue weighted by Gasteiger charge is 2.15. The van der Waals surface area contributed by atoms with E-state index in [1.54, 1.807) is 13.0 Å². The second kappa shape index (κ2) is 3.94. The number of aromatic carboxylic acids is 1. The maximum absolute atomic E-state index is 11.1. The topological polar surface area (TPSA) is 68.0 Å². The molecule has 0 amide bonds. The molecule has 0 aliphatic rings. The zero-order valence-electron chi connectivity index (χ0n) is 8.38. The fourth-order valence-electron chi connectivity index (χ4n) is 1.34. The van der Waals surface area contributed by atoms with E-state index in [4.69, 9.17) is 16.7 Å². The van der Waals surface area contributed by atoms with E-state index < -0.39 is 5.97 Å². The van der Waals surface area contributed by atoms with Gasteiger partial charge in [-0.3, -0.25) is 0 Å². The summed E-state index contributed by atoms with van der Waals surface area (Å²) >= 11 is 5.88. The van der Waals surface area contributed by atoms with E-state index in [-0.39, 0.29) is 5.56 Å². The summed E-state index contributed by atoms with van der Waals surface area (Å²) in [5.41, 5.74) is 1.25. The minimum absolute atomic E-state index is 0.0757. The Balaban J connectivity index is 2.68. The van der Waals surface area contributed by atoms with E-state index in [0.29, 0.717) is 10.7 Å². The van der Waals surface area contributed by atoms with Gasteiger partial charge in [-0.2, -0.15) is 15.0 Å². The number of benzene rings is 1. The van der Waals surface area contributed by atoms with Crippen LogP contribution in [0.3, 0.4) is 0 Å². The zero-order valence-corrected chi connectivity index (χ0v) is 9.14. The molecule has 1 heterocycles. The highest BCUT2D eigenvalue weighted by Crippen LogP contribution is 2.22. The van der Waals surface area contributed by atoms with Gasteiger partial charge in [-0.15, -0.1) is 0 Å². The van der Waals surface area contributed by atoms with Crippen molar-refractivity contribution in [2.75, 3.05) is 0 Å². The molecule has 0 atom stereocenters. The van der Waals surface area contributed by atoms with Crippen molar-refractivity contribution < 1.29 is 9.90 Å². The number of aromatic nitrogens is 3. The molecule has 0 aliphatic carbocycles. The van der Waals surface area contributed by atoms with Crippen LogP contribution < -0.4 is 0 Å². The van der Waals surface area contributed by atoms with E-state index in [2.05, 4.69) is 10.2 Å². The first kappa shape index (κ1) is 10.6. The van der Waals surface area contributed by atoms with Gasteiger partial charge in [0.05, 0.1) is 18.0 Å². The van der Waals surface area contributed by atoms with Gasteiger partial charge in [-0.05, 0) is 24.6 Å². The smallest absolute Gasteiger partial charge is 0.338 e. The van der Waals surface area contributed by atoms with Crippen LogP contribution in [-0.4, -0.2) is 26.1 Å². The Bertz CT molecular complexity index is 537. The third kappa shape index (κ3) is 1.77. The first-order valence-electron chi connectivity index (χ1n) is 4.49. The Morgan fingerprint density at radius 1 is 1.38 bits per heavy atom. The largest absolute Gasteiger partial charge is 0.478 e. The molecule has 1 aromatic heterocycles. The van der Waals surface area contributed by atoms with E-state index in [0.717, 1.165) is 5.56 Å². The van der Waals surface area contributed by atoms with Crippen molar-refractivity contribution in [1.29, 1.82) is 0 Å². The Labute approximate surface area is 96.3 Å². The van der Waals surface area contributed by atoms with Crippen LogP contribution in [0.25, 0.3) is 5.69 Å². The molecule has 1 aromatic carbocycles. The highest BCUT2D eigenvalue weighted by molar-refractivity contribution is 6.31. The summed E-state index contributed by atoms with van der Waals surface area (Å²) in [6.45, 7) is 1.79. The molecule has 0 unspecified atom stereocenters. The van der Waals surface area contributed by atoms with Crippen molar-refractivity contribution >= 4 is 17.6 Å². The van der Waals surface area contributed by atoms with Crippen LogP contribution >= 0.6 is 11.6 Å². The lowest BCUT2D eigenvalue weighted by atomic mass is 10.1. The summed E-state index contributed by atoms with van der Waals surface area (Å²) in [6.07, 6.45) is 2.96. The molecular weight excluding hydrogens is 230 g/mol. The van der Waals surface area contributed by atoms with Crippen LogP contribution in [0.2, 0.25) is 5.02 Å². The van der Waals surface area contributed by atoms with Crippen LogP contribution in [-0.2, 0) is 0 Å². The number of carbonyl (C=O) groups is 1. The summed E-state index contributed by atoms with van der Waals surface area (Å²) in [6, 6.07) is 3.05. The minimum atomic E-state index is -1.06. The van der Waals surface area contributed by atoms with Crippen molar-refractivity contribution in [3.05, 3.63) is 40.7 Å². The molecule has 0 fully saturated rings. The molecule has 2 aromatic rings.